The first-order valence-corrected chi connectivity index (χ1v) is 10.2. The predicted octanol–water partition coefficient (Wildman–Crippen LogP) is 4.92. The fourth-order valence-corrected chi connectivity index (χ4v) is 4.62. The number of aromatic amines is 1. The molecule has 142 valence electrons. The van der Waals surface area contributed by atoms with E-state index in [9.17, 15) is 4.79 Å². The second-order valence-corrected chi connectivity index (χ2v) is 8.85. The number of amides is 1. The molecule has 0 bridgehead atoms. The first-order valence-electron chi connectivity index (χ1n) is 9.35. The molecule has 0 saturated carbocycles. The molecule has 0 aromatic carbocycles. The maximum absolute atomic E-state index is 12.5. The lowest BCUT2D eigenvalue weighted by atomic mass is 9.70. The van der Waals surface area contributed by atoms with Crippen molar-refractivity contribution < 1.29 is 9.21 Å². The number of rotatable bonds is 5. The minimum atomic E-state index is -0.263. The minimum absolute atomic E-state index is 0.263. The number of hydrogen-bond acceptors (Lipinski definition) is 5. The molecule has 2 N–H and O–H groups in total. The lowest BCUT2D eigenvalue weighted by Crippen LogP contribution is -2.28. The number of thiazole rings is 1. The van der Waals surface area contributed by atoms with Crippen LogP contribution in [-0.2, 0) is 12.8 Å². The molecule has 1 aliphatic carbocycles. The van der Waals surface area contributed by atoms with Crippen molar-refractivity contribution in [3.63, 3.8) is 0 Å². The highest BCUT2D eigenvalue weighted by molar-refractivity contribution is 7.15. The van der Waals surface area contributed by atoms with E-state index in [-0.39, 0.29) is 5.91 Å². The number of nitrogens with zero attached hydrogens (tertiary/aromatic N) is 2. The van der Waals surface area contributed by atoms with Crippen LogP contribution in [0.25, 0.3) is 11.5 Å². The molecule has 1 atom stereocenters. The Morgan fingerprint density at radius 1 is 1.48 bits per heavy atom. The van der Waals surface area contributed by atoms with E-state index < -0.39 is 0 Å². The summed E-state index contributed by atoms with van der Waals surface area (Å²) in [6, 6.07) is 5.29. The molecular weight excluding hydrogens is 360 g/mol. The molecule has 1 aliphatic rings. The first kappa shape index (κ1) is 18.0. The number of furan rings is 1. The van der Waals surface area contributed by atoms with Crippen LogP contribution in [0.15, 0.2) is 28.9 Å². The van der Waals surface area contributed by atoms with Crippen LogP contribution >= 0.6 is 11.3 Å². The average molecular weight is 385 g/mol. The van der Waals surface area contributed by atoms with E-state index in [2.05, 4.69) is 41.3 Å². The van der Waals surface area contributed by atoms with Crippen molar-refractivity contribution >= 4 is 22.4 Å². The van der Waals surface area contributed by atoms with E-state index in [1.165, 1.54) is 11.3 Å². The van der Waals surface area contributed by atoms with Gasteiger partial charge in [0.15, 0.2) is 16.6 Å². The quantitative estimate of drug-likeness (QED) is 0.654. The molecule has 6 nitrogen and oxygen atoms in total. The van der Waals surface area contributed by atoms with Gasteiger partial charge < -0.3 is 4.42 Å². The maximum Gasteiger partial charge on any atom is 0.277 e. The normalized spacial score (nSPS) is 16.9. The van der Waals surface area contributed by atoms with Gasteiger partial charge in [0.05, 0.1) is 12.0 Å². The van der Waals surface area contributed by atoms with E-state index in [0.717, 1.165) is 25.0 Å². The molecule has 1 unspecified atom stereocenters. The van der Waals surface area contributed by atoms with Gasteiger partial charge in [-0.1, -0.05) is 27.2 Å². The molecular formula is C20H24N4O2S. The molecule has 0 saturated heterocycles. The Labute approximate surface area is 162 Å². The summed E-state index contributed by atoms with van der Waals surface area (Å²) in [6.45, 7) is 6.95. The lowest BCUT2D eigenvalue weighted by molar-refractivity contribution is 0.102. The number of H-pyrrole nitrogens is 1. The number of carbonyl (C=O) groups is 1. The Morgan fingerprint density at radius 3 is 3.07 bits per heavy atom. The van der Waals surface area contributed by atoms with Crippen molar-refractivity contribution in [1.29, 1.82) is 0 Å². The van der Waals surface area contributed by atoms with Crippen molar-refractivity contribution in [2.75, 3.05) is 5.32 Å². The third kappa shape index (κ3) is 3.56. The van der Waals surface area contributed by atoms with E-state index in [4.69, 9.17) is 4.42 Å². The third-order valence-electron chi connectivity index (χ3n) is 5.77. The van der Waals surface area contributed by atoms with Gasteiger partial charge in [-0.2, -0.15) is 5.10 Å². The van der Waals surface area contributed by atoms with Gasteiger partial charge in [0.25, 0.3) is 5.91 Å². The number of aromatic nitrogens is 3. The third-order valence-corrected chi connectivity index (χ3v) is 6.81. The summed E-state index contributed by atoms with van der Waals surface area (Å²) >= 11 is 1.59. The van der Waals surface area contributed by atoms with Gasteiger partial charge in [-0.3, -0.25) is 15.2 Å². The minimum Gasteiger partial charge on any atom is -0.463 e. The monoisotopic (exact) mass is 384 g/mol. The van der Waals surface area contributed by atoms with E-state index in [1.807, 2.05) is 6.07 Å². The van der Waals surface area contributed by atoms with Gasteiger partial charge in [0.2, 0.25) is 0 Å². The molecule has 0 radical (unpaired) electrons. The number of hydrogen-bond donors (Lipinski definition) is 2. The number of aryl methyl sites for hydroxylation is 1. The van der Waals surface area contributed by atoms with Crippen LogP contribution in [0.4, 0.5) is 5.13 Å². The summed E-state index contributed by atoms with van der Waals surface area (Å²) in [5.41, 5.74) is 2.46. The Bertz CT molecular complexity index is 939. The van der Waals surface area contributed by atoms with Gasteiger partial charge in [0.1, 0.15) is 5.69 Å². The van der Waals surface area contributed by atoms with Crippen LogP contribution in [0, 0.1) is 11.3 Å². The molecule has 3 aromatic rings. The van der Waals surface area contributed by atoms with Crippen molar-refractivity contribution in [1.82, 2.24) is 15.2 Å². The van der Waals surface area contributed by atoms with E-state index >= 15 is 0 Å². The van der Waals surface area contributed by atoms with Crippen LogP contribution in [0.2, 0.25) is 0 Å². The van der Waals surface area contributed by atoms with Gasteiger partial charge in [0, 0.05) is 10.9 Å². The SMILES string of the molecule is CCC(C)(C)C1CCc2nc(NC(=O)c3cc(-c4ccco4)[nH]n3)sc2C1. The number of anilines is 1. The topological polar surface area (TPSA) is 83.8 Å². The lowest BCUT2D eigenvalue weighted by Gasteiger charge is -2.35. The van der Waals surface area contributed by atoms with Gasteiger partial charge in [-0.15, -0.1) is 11.3 Å². The predicted molar refractivity (Wildman–Crippen MR) is 106 cm³/mol. The van der Waals surface area contributed by atoms with Crippen LogP contribution in [0.5, 0.6) is 0 Å². The van der Waals surface area contributed by atoms with Crippen LogP contribution in [0.1, 0.15) is 54.7 Å². The largest absolute Gasteiger partial charge is 0.463 e. The summed E-state index contributed by atoms with van der Waals surface area (Å²) in [5, 5.41) is 10.5. The smallest absolute Gasteiger partial charge is 0.277 e. The Balaban J connectivity index is 1.46. The van der Waals surface area contributed by atoms with Crippen LogP contribution < -0.4 is 5.32 Å². The summed E-state index contributed by atoms with van der Waals surface area (Å²) in [4.78, 5) is 18.5. The van der Waals surface area contributed by atoms with Crippen molar-refractivity contribution in [2.45, 2.75) is 46.5 Å². The molecule has 7 heteroatoms. The molecule has 3 heterocycles. The highest BCUT2D eigenvalue weighted by Gasteiger charge is 2.32. The summed E-state index contributed by atoms with van der Waals surface area (Å²) in [6.07, 6.45) is 5.96. The fourth-order valence-electron chi connectivity index (χ4n) is 3.54. The zero-order valence-electron chi connectivity index (χ0n) is 15.8. The molecule has 4 rings (SSSR count). The average Bonchev–Trinajstić information content (AvgIpc) is 3.39. The van der Waals surface area contributed by atoms with Crippen LogP contribution in [0.3, 0.4) is 0 Å². The number of carbonyl (C=O) groups excluding carboxylic acids is 1. The second-order valence-electron chi connectivity index (χ2n) is 7.77. The van der Waals surface area contributed by atoms with Gasteiger partial charge >= 0.3 is 0 Å². The standard InChI is InChI=1S/C20H24N4O2S/c1-4-20(2,3)12-7-8-13-17(10-12)27-19(21-13)22-18(25)15-11-14(23-24-15)16-6-5-9-26-16/h5-6,9,11-12H,4,7-8,10H2,1-3H3,(H,23,24)(H,21,22,25). The van der Waals surface area contributed by atoms with Crippen molar-refractivity contribution in [3.8, 4) is 11.5 Å². The second kappa shape index (κ2) is 6.96. The molecule has 0 spiro atoms. The Kier molecular flexibility index (Phi) is 4.63. The van der Waals surface area contributed by atoms with Crippen molar-refractivity contribution in [3.05, 3.63) is 40.7 Å². The van der Waals surface area contributed by atoms with Crippen molar-refractivity contribution in [2.24, 2.45) is 11.3 Å². The Hall–Kier alpha value is -2.41. The first-order chi connectivity index (χ1) is 13.0. The summed E-state index contributed by atoms with van der Waals surface area (Å²) in [7, 11) is 0. The molecule has 27 heavy (non-hydrogen) atoms. The fraction of sp³-hybridized carbons (Fsp3) is 0.450. The van der Waals surface area contributed by atoms with E-state index in [1.54, 1.807) is 29.7 Å². The van der Waals surface area contributed by atoms with E-state index in [0.29, 0.717) is 33.6 Å². The zero-order valence-corrected chi connectivity index (χ0v) is 16.7. The highest BCUT2D eigenvalue weighted by Crippen LogP contribution is 2.42. The summed E-state index contributed by atoms with van der Waals surface area (Å²) < 4.78 is 5.32. The van der Waals surface area contributed by atoms with Crippen LogP contribution in [-0.4, -0.2) is 21.1 Å². The Morgan fingerprint density at radius 2 is 2.33 bits per heavy atom. The summed E-state index contributed by atoms with van der Waals surface area (Å²) in [5.74, 6) is 1.05. The molecule has 0 aliphatic heterocycles. The molecule has 0 fully saturated rings. The van der Waals surface area contributed by atoms with Gasteiger partial charge in [-0.25, -0.2) is 4.98 Å². The zero-order chi connectivity index (χ0) is 19.0. The molecule has 3 aromatic heterocycles. The maximum atomic E-state index is 12.5. The number of nitrogens with one attached hydrogen (secondary N) is 2. The van der Waals surface area contributed by atoms with Gasteiger partial charge in [-0.05, 0) is 42.7 Å². The number of fused-ring (bicyclic) bond motifs is 1. The molecule has 1 amide bonds. The highest BCUT2D eigenvalue weighted by atomic mass is 32.1.